The maximum absolute atomic E-state index is 2.52. The van der Waals surface area contributed by atoms with Crippen molar-refractivity contribution in [2.45, 2.75) is 129 Å². The molecule has 2 heteroatoms. The molecule has 2 aromatic carbocycles. The second kappa shape index (κ2) is 16.6. The Hall–Kier alpha value is -2.16. The molecule has 8 rings (SSSR count). The smallest absolute Gasteiger partial charge is 0.0348 e. The molecular weight excluding hydrogens is 545 g/mol. The van der Waals surface area contributed by atoms with Crippen molar-refractivity contribution in [3.05, 3.63) is 92.7 Å². The number of rotatable bonds is 16. The van der Waals surface area contributed by atoms with Gasteiger partial charge in [0.1, 0.15) is 0 Å². The molecule has 4 aliphatic carbocycles. The second-order valence-electron chi connectivity index (χ2n) is 12.7. The molecule has 0 radical (unpaired) electrons. The highest BCUT2D eigenvalue weighted by molar-refractivity contribution is 7.14. The van der Waals surface area contributed by atoms with Crippen molar-refractivity contribution >= 4 is 22.7 Å². The molecule has 0 nitrogen and oxygen atoms in total. The van der Waals surface area contributed by atoms with E-state index >= 15 is 0 Å². The standard InChI is InChI=1S/C40H52S2/c1-3-5-7-9-11-13-15-33-27-39(41-29-33)37-25-31-17-21-35(37)23-19-32-18-22-36(24-20-31)38(26-32)40-28-34(30-42-40)16-14-12-10-8-6-4-2/h17-18,21-22,25-30H,3-16,19-20,23-24H2,1-2H3. The minimum atomic E-state index is 1.10. The molecule has 0 fully saturated rings. The van der Waals surface area contributed by atoms with Crippen molar-refractivity contribution in [2.75, 3.05) is 0 Å². The van der Waals surface area contributed by atoms with Crippen molar-refractivity contribution in [2.24, 2.45) is 0 Å². The van der Waals surface area contributed by atoms with Crippen LogP contribution in [-0.4, -0.2) is 0 Å². The summed E-state index contributed by atoms with van der Waals surface area (Å²) in [6, 6.07) is 19.7. The van der Waals surface area contributed by atoms with Gasteiger partial charge in [0.15, 0.2) is 0 Å². The normalized spacial score (nSPS) is 13.0. The van der Waals surface area contributed by atoms with E-state index in [1.165, 1.54) is 144 Å². The molecule has 4 aromatic rings. The van der Waals surface area contributed by atoms with Crippen LogP contribution in [0.1, 0.15) is 124 Å². The lowest BCUT2D eigenvalue weighted by Crippen LogP contribution is -2.01. The minimum absolute atomic E-state index is 1.10. The summed E-state index contributed by atoms with van der Waals surface area (Å²) in [4.78, 5) is 2.94. The van der Waals surface area contributed by atoms with Gasteiger partial charge in [-0.05, 0) is 119 Å². The Morgan fingerprint density at radius 2 is 0.905 bits per heavy atom. The van der Waals surface area contributed by atoms with Crippen molar-refractivity contribution in [3.8, 4) is 20.9 Å². The Labute approximate surface area is 264 Å². The first-order chi connectivity index (χ1) is 20.7. The zero-order chi connectivity index (χ0) is 29.0. The van der Waals surface area contributed by atoms with Crippen LogP contribution in [0.25, 0.3) is 20.9 Å². The fraction of sp³-hybridized carbons (Fsp3) is 0.500. The van der Waals surface area contributed by atoms with Crippen LogP contribution >= 0.6 is 22.7 Å². The van der Waals surface area contributed by atoms with Crippen LogP contribution in [0.4, 0.5) is 0 Å². The van der Waals surface area contributed by atoms with Crippen molar-refractivity contribution < 1.29 is 0 Å². The summed E-state index contributed by atoms with van der Waals surface area (Å²) in [6.45, 7) is 4.60. The van der Waals surface area contributed by atoms with Gasteiger partial charge in [0.05, 0.1) is 0 Å². The Kier molecular flexibility index (Phi) is 12.4. The van der Waals surface area contributed by atoms with E-state index in [1.807, 2.05) is 22.7 Å². The van der Waals surface area contributed by atoms with Crippen molar-refractivity contribution in [1.82, 2.24) is 0 Å². The number of hydrogen-bond acceptors (Lipinski definition) is 2. The summed E-state index contributed by atoms with van der Waals surface area (Å²) in [5, 5.41) is 4.85. The van der Waals surface area contributed by atoms with E-state index in [0.717, 1.165) is 25.7 Å². The summed E-state index contributed by atoms with van der Waals surface area (Å²) in [5.41, 5.74) is 12.0. The quantitative estimate of drug-likeness (QED) is 0.113. The molecule has 0 saturated carbocycles. The molecule has 4 aliphatic rings. The van der Waals surface area contributed by atoms with Gasteiger partial charge in [-0.1, -0.05) is 114 Å². The van der Waals surface area contributed by atoms with Gasteiger partial charge in [0.25, 0.3) is 0 Å². The van der Waals surface area contributed by atoms with Crippen LogP contribution in [-0.2, 0) is 38.5 Å². The lowest BCUT2D eigenvalue weighted by atomic mass is 9.90. The van der Waals surface area contributed by atoms with Crippen molar-refractivity contribution in [3.63, 3.8) is 0 Å². The predicted octanol–water partition coefficient (Wildman–Crippen LogP) is 12.8. The lowest BCUT2D eigenvalue weighted by molar-refractivity contribution is 0.608. The highest BCUT2D eigenvalue weighted by Gasteiger charge is 2.15. The van der Waals surface area contributed by atoms with Crippen molar-refractivity contribution in [1.29, 1.82) is 0 Å². The van der Waals surface area contributed by atoms with E-state index in [4.69, 9.17) is 0 Å². The van der Waals surface area contributed by atoms with Crippen LogP contribution < -0.4 is 0 Å². The van der Waals surface area contributed by atoms with Crippen LogP contribution in [0, 0.1) is 0 Å². The van der Waals surface area contributed by atoms with Gasteiger partial charge in [0.2, 0.25) is 0 Å². The summed E-state index contributed by atoms with van der Waals surface area (Å²) < 4.78 is 0. The third-order valence-electron chi connectivity index (χ3n) is 9.19. The molecule has 2 aromatic heterocycles. The molecule has 0 aliphatic heterocycles. The number of unbranched alkanes of at least 4 members (excludes halogenated alkanes) is 10. The maximum atomic E-state index is 2.52. The lowest BCUT2D eigenvalue weighted by Gasteiger charge is -2.16. The van der Waals surface area contributed by atoms with E-state index in [2.05, 4.69) is 73.1 Å². The van der Waals surface area contributed by atoms with Crippen LogP contribution in [0.15, 0.2) is 59.3 Å². The summed E-state index contributed by atoms with van der Waals surface area (Å²) in [7, 11) is 0. The molecule has 0 N–H and O–H groups in total. The third kappa shape index (κ3) is 8.93. The zero-order valence-corrected chi connectivity index (χ0v) is 28.0. The molecule has 2 heterocycles. The fourth-order valence-electron chi connectivity index (χ4n) is 6.53. The molecule has 0 amide bonds. The number of hydrogen-bond donors (Lipinski definition) is 0. The largest absolute Gasteiger partial charge is 0.144 e. The van der Waals surface area contributed by atoms with Gasteiger partial charge in [-0.25, -0.2) is 0 Å². The maximum Gasteiger partial charge on any atom is 0.0348 e. The fourth-order valence-corrected chi connectivity index (χ4v) is 8.53. The van der Waals surface area contributed by atoms with Gasteiger partial charge in [0, 0.05) is 9.75 Å². The predicted molar refractivity (Wildman–Crippen MR) is 188 cm³/mol. The first-order valence-electron chi connectivity index (χ1n) is 17.1. The highest BCUT2D eigenvalue weighted by atomic mass is 32.1. The van der Waals surface area contributed by atoms with Gasteiger partial charge >= 0.3 is 0 Å². The van der Waals surface area contributed by atoms with Gasteiger partial charge in [-0.3, -0.25) is 0 Å². The molecule has 4 bridgehead atoms. The molecule has 0 atom stereocenters. The minimum Gasteiger partial charge on any atom is -0.144 e. The summed E-state index contributed by atoms with van der Waals surface area (Å²) in [6.07, 6.45) is 23.3. The van der Waals surface area contributed by atoms with E-state index in [9.17, 15) is 0 Å². The first-order valence-corrected chi connectivity index (χ1v) is 18.9. The van der Waals surface area contributed by atoms with E-state index in [-0.39, 0.29) is 0 Å². The molecule has 224 valence electrons. The number of thiophene rings is 2. The Balaban J connectivity index is 1.25. The van der Waals surface area contributed by atoms with E-state index in [1.54, 1.807) is 0 Å². The molecule has 0 saturated heterocycles. The van der Waals surface area contributed by atoms with Gasteiger partial charge in [-0.2, -0.15) is 0 Å². The second-order valence-corrected chi connectivity index (χ2v) is 14.5. The number of benzene rings is 2. The highest BCUT2D eigenvalue weighted by Crippen LogP contribution is 2.36. The Bertz CT molecular complexity index is 1260. The third-order valence-corrected chi connectivity index (χ3v) is 11.2. The summed E-state index contributed by atoms with van der Waals surface area (Å²) in [5.74, 6) is 0. The average Bonchev–Trinajstić information content (AvgIpc) is 3.68. The van der Waals surface area contributed by atoms with Crippen LogP contribution in [0.2, 0.25) is 0 Å². The van der Waals surface area contributed by atoms with E-state index in [0.29, 0.717) is 0 Å². The van der Waals surface area contributed by atoms with Crippen LogP contribution in [0.5, 0.6) is 0 Å². The van der Waals surface area contributed by atoms with Gasteiger partial charge < -0.3 is 0 Å². The van der Waals surface area contributed by atoms with E-state index < -0.39 is 0 Å². The molecular formula is C40H52S2. The van der Waals surface area contributed by atoms with Crippen LogP contribution in [0.3, 0.4) is 0 Å². The Morgan fingerprint density at radius 3 is 1.36 bits per heavy atom. The molecule has 0 spiro atoms. The SMILES string of the molecule is CCCCCCCCc1csc(-c2cc3ccc2CCc2ccc(c(-c4cc(CCCCCCCC)cs4)c2)CC3)c1. The first kappa shape index (κ1) is 31.3. The monoisotopic (exact) mass is 596 g/mol. The molecule has 0 unspecified atom stereocenters. The summed E-state index contributed by atoms with van der Waals surface area (Å²) >= 11 is 3.92. The number of aryl methyl sites for hydroxylation is 6. The van der Waals surface area contributed by atoms with Gasteiger partial charge in [-0.15, -0.1) is 22.7 Å². The Morgan fingerprint density at radius 1 is 0.476 bits per heavy atom. The average molecular weight is 597 g/mol. The zero-order valence-electron chi connectivity index (χ0n) is 26.3. The molecule has 42 heavy (non-hydrogen) atoms. The topological polar surface area (TPSA) is 0 Å².